The van der Waals surface area contributed by atoms with Gasteiger partial charge >= 0.3 is 0 Å². The van der Waals surface area contributed by atoms with Crippen LogP contribution in [0.25, 0.3) is 0 Å². The van der Waals surface area contributed by atoms with Crippen LogP contribution in [0.1, 0.15) is 32.6 Å². The fraction of sp³-hybridized carbons (Fsp3) is 1.00. The first-order chi connectivity index (χ1) is 4.31. The van der Waals surface area contributed by atoms with Crippen LogP contribution in [0.15, 0.2) is 0 Å². The summed E-state index contributed by atoms with van der Waals surface area (Å²) < 4.78 is 23.9. The van der Waals surface area contributed by atoms with Gasteiger partial charge in [-0.2, -0.15) is 0 Å². The van der Waals surface area contributed by atoms with Crippen molar-refractivity contribution in [2.24, 2.45) is 0 Å². The normalized spacial score (nSPS) is 13.7. The highest BCUT2D eigenvalue weighted by atomic mass is 19.1. The van der Waals surface area contributed by atoms with Crippen LogP contribution in [-0.2, 0) is 0 Å². The van der Waals surface area contributed by atoms with Crippen LogP contribution >= 0.6 is 0 Å². The molecule has 0 saturated carbocycles. The monoisotopic (exact) mass is 136 g/mol. The average Bonchev–Trinajstić information content (AvgIpc) is 1.85. The second kappa shape index (κ2) is 5.99. The summed E-state index contributed by atoms with van der Waals surface area (Å²) in [5.74, 6) is 0. The summed E-state index contributed by atoms with van der Waals surface area (Å²) in [7, 11) is 0. The Hall–Kier alpha value is -0.140. The number of rotatable bonds is 5. The van der Waals surface area contributed by atoms with E-state index in [-0.39, 0.29) is 6.67 Å². The molecule has 0 aromatic heterocycles. The van der Waals surface area contributed by atoms with Crippen LogP contribution in [0.2, 0.25) is 0 Å². The van der Waals surface area contributed by atoms with Gasteiger partial charge in [-0.1, -0.05) is 13.3 Å². The van der Waals surface area contributed by atoms with Gasteiger partial charge in [0, 0.05) is 0 Å². The molecule has 56 valence electrons. The summed E-state index contributed by atoms with van der Waals surface area (Å²) in [6.45, 7) is 1.55. The summed E-state index contributed by atoms with van der Waals surface area (Å²) in [6.07, 6.45) is 1.43. The molecule has 0 aliphatic heterocycles. The molecule has 0 amide bonds. The minimum atomic E-state index is -0.772. The number of hydrogen-bond donors (Lipinski definition) is 0. The molecule has 9 heavy (non-hydrogen) atoms. The maximum Gasteiger partial charge on any atom is 0.100 e. The molecule has 0 bridgehead atoms. The Bertz CT molecular complexity index is 54.9. The standard InChI is InChI=1S/C7H14F2/c1-2-4-7(9)5-3-6-8/h7H,2-6H2,1H3/t7-/m0/s1. The summed E-state index contributed by atoms with van der Waals surface area (Å²) in [6, 6.07) is 0. The number of alkyl halides is 2. The van der Waals surface area contributed by atoms with Gasteiger partial charge in [0.25, 0.3) is 0 Å². The van der Waals surface area contributed by atoms with E-state index in [9.17, 15) is 8.78 Å². The Morgan fingerprint density at radius 2 is 2.00 bits per heavy atom. The molecule has 0 spiro atoms. The van der Waals surface area contributed by atoms with Crippen molar-refractivity contribution < 1.29 is 8.78 Å². The van der Waals surface area contributed by atoms with Gasteiger partial charge in [0.05, 0.1) is 6.67 Å². The zero-order valence-corrected chi connectivity index (χ0v) is 5.87. The lowest BCUT2D eigenvalue weighted by Crippen LogP contribution is -1.98. The highest BCUT2D eigenvalue weighted by Crippen LogP contribution is 2.08. The Morgan fingerprint density at radius 1 is 1.33 bits per heavy atom. The predicted molar refractivity (Wildman–Crippen MR) is 35.0 cm³/mol. The van der Waals surface area contributed by atoms with Gasteiger partial charge < -0.3 is 0 Å². The third kappa shape index (κ3) is 5.74. The second-order valence-electron chi connectivity index (χ2n) is 2.22. The van der Waals surface area contributed by atoms with Crippen LogP contribution < -0.4 is 0 Å². The maximum atomic E-state index is 12.4. The second-order valence-corrected chi connectivity index (χ2v) is 2.22. The molecule has 0 aliphatic rings. The SMILES string of the molecule is CCC[C@H](F)CCCF. The lowest BCUT2D eigenvalue weighted by Gasteiger charge is -2.02. The van der Waals surface area contributed by atoms with Crippen LogP contribution in [0.3, 0.4) is 0 Å². The van der Waals surface area contributed by atoms with Crippen molar-refractivity contribution in [3.05, 3.63) is 0 Å². The lowest BCUT2D eigenvalue weighted by molar-refractivity contribution is 0.277. The summed E-state index contributed by atoms with van der Waals surface area (Å²) in [4.78, 5) is 0. The third-order valence-electron chi connectivity index (χ3n) is 1.25. The predicted octanol–water partition coefficient (Wildman–Crippen LogP) is 2.87. The molecular weight excluding hydrogens is 122 g/mol. The fourth-order valence-electron chi connectivity index (χ4n) is 0.756. The van der Waals surface area contributed by atoms with Gasteiger partial charge in [-0.3, -0.25) is 4.39 Å². The van der Waals surface area contributed by atoms with Crippen molar-refractivity contribution in [2.45, 2.75) is 38.8 Å². The van der Waals surface area contributed by atoms with Crippen molar-refractivity contribution in [1.29, 1.82) is 0 Å². The number of hydrogen-bond acceptors (Lipinski definition) is 0. The molecule has 1 atom stereocenters. The first kappa shape index (κ1) is 8.86. The van der Waals surface area contributed by atoms with Gasteiger partial charge in [-0.25, -0.2) is 4.39 Å². The van der Waals surface area contributed by atoms with Crippen LogP contribution in [0.5, 0.6) is 0 Å². The van der Waals surface area contributed by atoms with Crippen LogP contribution in [0.4, 0.5) is 8.78 Å². The van der Waals surface area contributed by atoms with E-state index in [0.29, 0.717) is 19.3 Å². The fourth-order valence-corrected chi connectivity index (χ4v) is 0.756. The van der Waals surface area contributed by atoms with Crippen molar-refractivity contribution in [3.63, 3.8) is 0 Å². The van der Waals surface area contributed by atoms with Crippen LogP contribution in [0, 0.1) is 0 Å². The molecule has 0 unspecified atom stereocenters. The lowest BCUT2D eigenvalue weighted by atomic mass is 10.1. The quantitative estimate of drug-likeness (QED) is 0.545. The van der Waals surface area contributed by atoms with Crippen molar-refractivity contribution >= 4 is 0 Å². The maximum absolute atomic E-state index is 12.4. The van der Waals surface area contributed by atoms with Gasteiger partial charge in [0.15, 0.2) is 0 Å². The van der Waals surface area contributed by atoms with Gasteiger partial charge in [-0.05, 0) is 19.3 Å². The van der Waals surface area contributed by atoms with E-state index in [1.807, 2.05) is 6.92 Å². The average molecular weight is 136 g/mol. The molecule has 0 radical (unpaired) electrons. The van der Waals surface area contributed by atoms with E-state index in [4.69, 9.17) is 0 Å². The first-order valence-electron chi connectivity index (χ1n) is 3.51. The van der Waals surface area contributed by atoms with E-state index < -0.39 is 6.17 Å². The zero-order valence-electron chi connectivity index (χ0n) is 5.87. The number of halogens is 2. The zero-order chi connectivity index (χ0) is 7.11. The summed E-state index contributed by atoms with van der Waals surface area (Å²) >= 11 is 0. The van der Waals surface area contributed by atoms with E-state index in [1.54, 1.807) is 0 Å². The molecule has 0 fully saturated rings. The molecule has 0 N–H and O–H groups in total. The van der Waals surface area contributed by atoms with Gasteiger partial charge in [0.1, 0.15) is 6.17 Å². The molecular formula is C7H14F2. The van der Waals surface area contributed by atoms with E-state index in [2.05, 4.69) is 0 Å². The van der Waals surface area contributed by atoms with Crippen LogP contribution in [-0.4, -0.2) is 12.8 Å². The van der Waals surface area contributed by atoms with E-state index >= 15 is 0 Å². The van der Waals surface area contributed by atoms with E-state index in [1.165, 1.54) is 0 Å². The largest absolute Gasteiger partial charge is 0.251 e. The molecule has 0 heterocycles. The highest BCUT2D eigenvalue weighted by Gasteiger charge is 2.02. The minimum Gasteiger partial charge on any atom is -0.251 e. The third-order valence-corrected chi connectivity index (χ3v) is 1.25. The minimum absolute atomic E-state index is 0.376. The molecule has 2 heteroatoms. The topological polar surface area (TPSA) is 0 Å². The molecule has 0 nitrogen and oxygen atoms in total. The van der Waals surface area contributed by atoms with E-state index in [0.717, 1.165) is 6.42 Å². The van der Waals surface area contributed by atoms with Crippen molar-refractivity contribution in [1.82, 2.24) is 0 Å². The summed E-state index contributed by atoms with van der Waals surface area (Å²) in [5.41, 5.74) is 0. The molecule has 0 rings (SSSR count). The van der Waals surface area contributed by atoms with Crippen molar-refractivity contribution in [3.8, 4) is 0 Å². The molecule has 0 saturated heterocycles. The smallest absolute Gasteiger partial charge is 0.100 e. The molecule has 0 aliphatic carbocycles. The summed E-state index contributed by atoms with van der Waals surface area (Å²) in [5, 5.41) is 0. The highest BCUT2D eigenvalue weighted by molar-refractivity contribution is 4.53. The van der Waals surface area contributed by atoms with Gasteiger partial charge in [-0.15, -0.1) is 0 Å². The van der Waals surface area contributed by atoms with Crippen molar-refractivity contribution in [2.75, 3.05) is 6.67 Å². The molecule has 0 aromatic rings. The molecule has 0 aromatic carbocycles. The Balaban J connectivity index is 2.95. The first-order valence-corrected chi connectivity index (χ1v) is 3.51. The Labute approximate surface area is 55.3 Å². The Morgan fingerprint density at radius 3 is 2.44 bits per heavy atom. The Kier molecular flexibility index (Phi) is 5.89. The van der Waals surface area contributed by atoms with Gasteiger partial charge in [0.2, 0.25) is 0 Å².